The van der Waals surface area contributed by atoms with E-state index in [0.29, 0.717) is 13.0 Å². The minimum Gasteiger partial charge on any atom is -0.504 e. The van der Waals surface area contributed by atoms with E-state index >= 15 is 0 Å². The van der Waals surface area contributed by atoms with E-state index in [2.05, 4.69) is 0 Å². The third-order valence-electron chi connectivity index (χ3n) is 1.89. The summed E-state index contributed by atoms with van der Waals surface area (Å²) in [5, 5.41) is 18.6. The second-order valence-corrected chi connectivity index (χ2v) is 2.88. The first kappa shape index (κ1) is 9.86. The second-order valence-electron chi connectivity index (χ2n) is 2.88. The summed E-state index contributed by atoms with van der Waals surface area (Å²) in [7, 11) is 1.64. The number of aromatic hydroxyl groups is 2. The standard InChI is InChI=1S/C10H14O3/c1-13-7-3-5-8-4-2-6-9(11)10(8)12/h2,4,6,11-12H,3,5,7H2,1H3. The zero-order valence-corrected chi connectivity index (χ0v) is 7.66. The molecule has 0 fully saturated rings. The van der Waals surface area contributed by atoms with Crippen molar-refractivity contribution in [2.45, 2.75) is 12.8 Å². The first-order valence-electron chi connectivity index (χ1n) is 4.24. The van der Waals surface area contributed by atoms with Crippen LogP contribution in [0.3, 0.4) is 0 Å². The van der Waals surface area contributed by atoms with Gasteiger partial charge in [0.15, 0.2) is 11.5 Å². The van der Waals surface area contributed by atoms with Crippen LogP contribution in [-0.4, -0.2) is 23.9 Å². The monoisotopic (exact) mass is 182 g/mol. The van der Waals surface area contributed by atoms with Gasteiger partial charge in [-0.15, -0.1) is 0 Å². The summed E-state index contributed by atoms with van der Waals surface area (Å²) in [5.41, 5.74) is 0.761. The highest BCUT2D eigenvalue weighted by Gasteiger charge is 2.04. The predicted molar refractivity (Wildman–Crippen MR) is 50.0 cm³/mol. The largest absolute Gasteiger partial charge is 0.504 e. The maximum absolute atomic E-state index is 9.41. The molecule has 0 bridgehead atoms. The zero-order chi connectivity index (χ0) is 9.68. The summed E-state index contributed by atoms with van der Waals surface area (Å²) in [4.78, 5) is 0. The molecule has 0 heterocycles. The van der Waals surface area contributed by atoms with E-state index in [0.717, 1.165) is 12.0 Å². The van der Waals surface area contributed by atoms with E-state index < -0.39 is 0 Å². The molecule has 1 aromatic rings. The molecule has 0 radical (unpaired) electrons. The quantitative estimate of drug-likeness (QED) is 0.550. The third-order valence-corrected chi connectivity index (χ3v) is 1.89. The molecule has 2 N–H and O–H groups in total. The molecule has 0 saturated heterocycles. The average molecular weight is 182 g/mol. The Morgan fingerprint density at radius 3 is 2.77 bits per heavy atom. The minimum absolute atomic E-state index is 0.0152. The van der Waals surface area contributed by atoms with Crippen LogP contribution >= 0.6 is 0 Å². The van der Waals surface area contributed by atoms with Crippen LogP contribution in [0.25, 0.3) is 0 Å². The molecular weight excluding hydrogens is 168 g/mol. The minimum atomic E-state index is -0.0603. The van der Waals surface area contributed by atoms with E-state index in [1.807, 2.05) is 0 Å². The molecule has 0 unspecified atom stereocenters. The number of phenols is 2. The summed E-state index contributed by atoms with van der Waals surface area (Å²) >= 11 is 0. The molecule has 1 aromatic carbocycles. The number of aryl methyl sites for hydroxylation is 1. The first-order chi connectivity index (χ1) is 6.25. The van der Waals surface area contributed by atoms with Crippen molar-refractivity contribution in [2.24, 2.45) is 0 Å². The number of hydrogen-bond donors (Lipinski definition) is 2. The van der Waals surface area contributed by atoms with Gasteiger partial charge in [0, 0.05) is 13.7 Å². The van der Waals surface area contributed by atoms with E-state index in [1.54, 1.807) is 19.2 Å². The van der Waals surface area contributed by atoms with E-state index in [-0.39, 0.29) is 11.5 Å². The van der Waals surface area contributed by atoms with Gasteiger partial charge in [-0.05, 0) is 24.5 Å². The maximum atomic E-state index is 9.41. The van der Waals surface area contributed by atoms with Crippen LogP contribution < -0.4 is 0 Å². The number of phenolic OH excluding ortho intramolecular Hbond substituents is 2. The van der Waals surface area contributed by atoms with Crippen molar-refractivity contribution in [1.82, 2.24) is 0 Å². The summed E-state index contributed by atoms with van der Waals surface area (Å²) in [6, 6.07) is 4.98. The van der Waals surface area contributed by atoms with Gasteiger partial charge in [-0.3, -0.25) is 0 Å². The van der Waals surface area contributed by atoms with E-state index in [9.17, 15) is 10.2 Å². The average Bonchev–Trinajstić information content (AvgIpc) is 2.13. The Balaban J connectivity index is 2.61. The number of ether oxygens (including phenoxy) is 1. The van der Waals surface area contributed by atoms with Crippen LogP contribution in [0.15, 0.2) is 18.2 Å². The molecule has 0 amide bonds. The highest BCUT2D eigenvalue weighted by molar-refractivity contribution is 5.44. The highest BCUT2D eigenvalue weighted by Crippen LogP contribution is 2.28. The van der Waals surface area contributed by atoms with Crippen molar-refractivity contribution < 1.29 is 14.9 Å². The second kappa shape index (κ2) is 4.72. The lowest BCUT2D eigenvalue weighted by Gasteiger charge is -2.04. The van der Waals surface area contributed by atoms with Gasteiger partial charge in [0.05, 0.1) is 0 Å². The van der Waals surface area contributed by atoms with Crippen molar-refractivity contribution in [3.05, 3.63) is 23.8 Å². The van der Waals surface area contributed by atoms with Crippen molar-refractivity contribution in [2.75, 3.05) is 13.7 Å². The zero-order valence-electron chi connectivity index (χ0n) is 7.66. The van der Waals surface area contributed by atoms with E-state index in [1.165, 1.54) is 6.07 Å². The Kier molecular flexibility index (Phi) is 3.58. The van der Waals surface area contributed by atoms with Gasteiger partial charge >= 0.3 is 0 Å². The summed E-state index contributed by atoms with van der Waals surface area (Å²) in [6.45, 7) is 0.662. The van der Waals surface area contributed by atoms with Gasteiger partial charge in [0.25, 0.3) is 0 Å². The molecule has 3 nitrogen and oxygen atoms in total. The topological polar surface area (TPSA) is 49.7 Å². The molecule has 3 heteroatoms. The Morgan fingerprint density at radius 2 is 2.08 bits per heavy atom. The Labute approximate surface area is 77.6 Å². The van der Waals surface area contributed by atoms with Gasteiger partial charge in [-0.2, -0.15) is 0 Å². The van der Waals surface area contributed by atoms with Gasteiger partial charge in [0.2, 0.25) is 0 Å². The van der Waals surface area contributed by atoms with Gasteiger partial charge in [-0.1, -0.05) is 12.1 Å². The number of para-hydroxylation sites is 1. The maximum Gasteiger partial charge on any atom is 0.160 e. The molecule has 0 aliphatic rings. The van der Waals surface area contributed by atoms with Gasteiger partial charge < -0.3 is 14.9 Å². The van der Waals surface area contributed by atoms with Crippen LogP contribution in [0, 0.1) is 0 Å². The van der Waals surface area contributed by atoms with Crippen LogP contribution in [0.1, 0.15) is 12.0 Å². The van der Waals surface area contributed by atoms with E-state index in [4.69, 9.17) is 4.74 Å². The van der Waals surface area contributed by atoms with Crippen molar-refractivity contribution in [3.8, 4) is 11.5 Å². The molecule has 0 aliphatic carbocycles. The molecule has 0 spiro atoms. The lowest BCUT2D eigenvalue weighted by atomic mass is 10.1. The predicted octanol–water partition coefficient (Wildman–Crippen LogP) is 1.68. The molecular formula is C10H14O3. The fraction of sp³-hybridized carbons (Fsp3) is 0.400. The van der Waals surface area contributed by atoms with Gasteiger partial charge in [-0.25, -0.2) is 0 Å². The number of methoxy groups -OCH3 is 1. The van der Waals surface area contributed by atoms with Crippen LogP contribution in [-0.2, 0) is 11.2 Å². The lowest BCUT2D eigenvalue weighted by Crippen LogP contribution is -1.92. The smallest absolute Gasteiger partial charge is 0.160 e. The molecule has 13 heavy (non-hydrogen) atoms. The fourth-order valence-electron chi connectivity index (χ4n) is 1.19. The molecule has 0 atom stereocenters. The van der Waals surface area contributed by atoms with Crippen LogP contribution in [0.5, 0.6) is 11.5 Å². The Morgan fingerprint density at radius 1 is 1.31 bits per heavy atom. The molecule has 0 aliphatic heterocycles. The van der Waals surface area contributed by atoms with Crippen LogP contribution in [0.4, 0.5) is 0 Å². The fourth-order valence-corrected chi connectivity index (χ4v) is 1.19. The normalized spacial score (nSPS) is 10.2. The van der Waals surface area contributed by atoms with Crippen molar-refractivity contribution in [1.29, 1.82) is 0 Å². The highest BCUT2D eigenvalue weighted by atomic mass is 16.5. The Hall–Kier alpha value is -1.22. The molecule has 1 rings (SSSR count). The summed E-state index contributed by atoms with van der Waals surface area (Å²) in [6.07, 6.45) is 1.56. The summed E-state index contributed by atoms with van der Waals surface area (Å²) < 4.78 is 4.89. The summed E-state index contributed by atoms with van der Waals surface area (Å²) in [5.74, 6) is -0.0754. The number of hydrogen-bond acceptors (Lipinski definition) is 3. The lowest BCUT2D eigenvalue weighted by molar-refractivity contribution is 0.195. The van der Waals surface area contributed by atoms with Crippen molar-refractivity contribution >= 4 is 0 Å². The number of rotatable bonds is 4. The molecule has 0 saturated carbocycles. The Bertz CT molecular complexity index is 271. The molecule has 72 valence electrons. The van der Waals surface area contributed by atoms with Crippen molar-refractivity contribution in [3.63, 3.8) is 0 Å². The molecule has 0 aromatic heterocycles. The van der Waals surface area contributed by atoms with Gasteiger partial charge in [0.1, 0.15) is 0 Å². The van der Waals surface area contributed by atoms with Crippen LogP contribution in [0.2, 0.25) is 0 Å². The first-order valence-corrected chi connectivity index (χ1v) is 4.24. The SMILES string of the molecule is COCCCc1cccc(O)c1O. The third kappa shape index (κ3) is 2.63. The number of benzene rings is 1.